The summed E-state index contributed by atoms with van der Waals surface area (Å²) in [6.07, 6.45) is 4.41. The highest BCUT2D eigenvalue weighted by molar-refractivity contribution is 6.33. The summed E-state index contributed by atoms with van der Waals surface area (Å²) in [5, 5.41) is 12.5. The number of carbonyl (C=O) groups excluding carboxylic acids is 1. The van der Waals surface area contributed by atoms with Gasteiger partial charge in [0.1, 0.15) is 5.82 Å². The van der Waals surface area contributed by atoms with Crippen LogP contribution in [0.2, 0.25) is 5.02 Å². The molecule has 1 aromatic rings. The lowest BCUT2D eigenvalue weighted by Crippen LogP contribution is -2.18. The monoisotopic (exact) mass is 269 g/mol. The van der Waals surface area contributed by atoms with Gasteiger partial charge < -0.3 is 16.2 Å². The normalized spacial score (nSPS) is 16.3. The molecule has 0 bridgehead atoms. The Labute approximate surface area is 110 Å². The summed E-state index contributed by atoms with van der Waals surface area (Å²) >= 11 is 6.02. The van der Waals surface area contributed by atoms with Crippen LogP contribution in [0.25, 0.3) is 0 Å². The van der Waals surface area contributed by atoms with Crippen molar-refractivity contribution in [1.29, 1.82) is 0 Å². The predicted octanol–water partition coefficient (Wildman–Crippen LogP) is 1.41. The molecular weight excluding hydrogens is 254 g/mol. The number of halogens is 1. The molecule has 1 heterocycles. The molecule has 0 atom stereocenters. The maximum absolute atomic E-state index is 11.0. The predicted molar refractivity (Wildman–Crippen MR) is 69.6 cm³/mol. The van der Waals surface area contributed by atoms with Crippen LogP contribution < -0.4 is 11.1 Å². The van der Waals surface area contributed by atoms with Gasteiger partial charge >= 0.3 is 0 Å². The summed E-state index contributed by atoms with van der Waals surface area (Å²) in [4.78, 5) is 15.0. The quantitative estimate of drug-likeness (QED) is 0.728. The van der Waals surface area contributed by atoms with Gasteiger partial charge in [-0.25, -0.2) is 4.98 Å². The van der Waals surface area contributed by atoms with Gasteiger partial charge in [0.2, 0.25) is 5.91 Å². The second-order valence-corrected chi connectivity index (χ2v) is 5.15. The topological polar surface area (TPSA) is 88.2 Å². The minimum atomic E-state index is -0.546. The lowest BCUT2D eigenvalue weighted by atomic mass is 10.0. The fourth-order valence-corrected chi connectivity index (χ4v) is 2.14. The van der Waals surface area contributed by atoms with Crippen LogP contribution in [0, 0.1) is 5.41 Å². The molecule has 0 aromatic carbocycles. The highest BCUT2D eigenvalue weighted by Crippen LogP contribution is 2.48. The van der Waals surface area contributed by atoms with Crippen LogP contribution >= 0.6 is 11.6 Å². The number of aliphatic hydroxyl groups excluding tert-OH is 1. The third kappa shape index (κ3) is 2.91. The standard InChI is InChI=1S/C12H16ClN3O2/c13-9-5-8(10(14)18)6-15-11(9)16-7-12(1-2-12)3-4-17/h5-6,17H,1-4,7H2,(H2,14,18)(H,15,16). The van der Waals surface area contributed by atoms with Gasteiger partial charge in [-0.3, -0.25) is 4.79 Å². The minimum absolute atomic E-state index is 0.183. The molecule has 0 unspecified atom stereocenters. The second-order valence-electron chi connectivity index (χ2n) is 4.75. The number of nitrogens with two attached hydrogens (primary N) is 1. The van der Waals surface area contributed by atoms with Crippen LogP contribution in [0.3, 0.4) is 0 Å². The first-order valence-electron chi connectivity index (χ1n) is 5.86. The van der Waals surface area contributed by atoms with Crippen molar-refractivity contribution in [2.24, 2.45) is 11.1 Å². The van der Waals surface area contributed by atoms with Crippen molar-refractivity contribution in [3.05, 3.63) is 22.8 Å². The van der Waals surface area contributed by atoms with Crippen molar-refractivity contribution in [3.8, 4) is 0 Å². The number of rotatable bonds is 6. The summed E-state index contributed by atoms with van der Waals surface area (Å²) in [6.45, 7) is 0.930. The zero-order valence-corrected chi connectivity index (χ0v) is 10.7. The Morgan fingerprint density at radius 2 is 2.33 bits per heavy atom. The van der Waals surface area contributed by atoms with Gasteiger partial charge in [0, 0.05) is 19.3 Å². The molecule has 1 fully saturated rings. The van der Waals surface area contributed by atoms with E-state index in [1.54, 1.807) is 0 Å². The number of primary amides is 1. The van der Waals surface area contributed by atoms with Gasteiger partial charge in [-0.15, -0.1) is 0 Å². The molecule has 1 aliphatic carbocycles. The van der Waals surface area contributed by atoms with Crippen LogP contribution in [0.5, 0.6) is 0 Å². The third-order valence-corrected chi connectivity index (χ3v) is 3.64. The van der Waals surface area contributed by atoms with Gasteiger partial charge in [-0.2, -0.15) is 0 Å². The molecule has 1 amide bonds. The number of aromatic nitrogens is 1. The second kappa shape index (κ2) is 5.12. The molecule has 2 rings (SSSR count). The number of amides is 1. The maximum Gasteiger partial charge on any atom is 0.250 e. The number of nitrogens with zero attached hydrogens (tertiary/aromatic N) is 1. The lowest BCUT2D eigenvalue weighted by molar-refractivity contribution is 0.1000. The van der Waals surface area contributed by atoms with Crippen molar-refractivity contribution in [1.82, 2.24) is 4.98 Å². The Morgan fingerprint density at radius 1 is 1.61 bits per heavy atom. The van der Waals surface area contributed by atoms with Crippen molar-refractivity contribution in [2.75, 3.05) is 18.5 Å². The van der Waals surface area contributed by atoms with E-state index in [0.717, 1.165) is 25.8 Å². The first-order valence-corrected chi connectivity index (χ1v) is 6.24. The van der Waals surface area contributed by atoms with E-state index in [4.69, 9.17) is 22.4 Å². The van der Waals surface area contributed by atoms with Crippen molar-refractivity contribution in [2.45, 2.75) is 19.3 Å². The van der Waals surface area contributed by atoms with Crippen LogP contribution in [0.15, 0.2) is 12.3 Å². The molecule has 1 saturated carbocycles. The first-order chi connectivity index (χ1) is 8.56. The first kappa shape index (κ1) is 13.1. The Hall–Kier alpha value is -1.33. The Morgan fingerprint density at radius 3 is 2.83 bits per heavy atom. The van der Waals surface area contributed by atoms with E-state index < -0.39 is 5.91 Å². The molecule has 0 spiro atoms. The molecule has 1 aromatic heterocycles. The Balaban J connectivity index is 2.00. The third-order valence-electron chi connectivity index (χ3n) is 3.36. The molecule has 0 aliphatic heterocycles. The number of aliphatic hydroxyl groups is 1. The summed E-state index contributed by atoms with van der Waals surface area (Å²) in [7, 11) is 0. The van der Waals surface area contributed by atoms with Crippen LogP contribution in [-0.2, 0) is 0 Å². The summed E-state index contributed by atoms with van der Waals surface area (Å²) < 4.78 is 0. The number of hydrogen-bond donors (Lipinski definition) is 3. The molecule has 5 nitrogen and oxygen atoms in total. The zero-order valence-electron chi connectivity index (χ0n) is 9.95. The Kier molecular flexibility index (Phi) is 3.73. The number of pyridine rings is 1. The highest BCUT2D eigenvalue weighted by Gasteiger charge is 2.41. The molecule has 0 saturated heterocycles. The lowest BCUT2D eigenvalue weighted by Gasteiger charge is -2.15. The fourth-order valence-electron chi connectivity index (χ4n) is 1.90. The average molecular weight is 270 g/mol. The van der Waals surface area contributed by atoms with E-state index in [0.29, 0.717) is 16.4 Å². The van der Waals surface area contributed by atoms with Crippen LogP contribution in [0.1, 0.15) is 29.6 Å². The van der Waals surface area contributed by atoms with Crippen molar-refractivity contribution >= 4 is 23.3 Å². The number of anilines is 1. The Bertz CT molecular complexity index is 461. The van der Waals surface area contributed by atoms with E-state index in [1.165, 1.54) is 12.3 Å². The molecule has 6 heteroatoms. The van der Waals surface area contributed by atoms with Crippen LogP contribution in [-0.4, -0.2) is 29.1 Å². The van der Waals surface area contributed by atoms with E-state index in [2.05, 4.69) is 10.3 Å². The molecule has 98 valence electrons. The minimum Gasteiger partial charge on any atom is -0.396 e. The molecule has 4 N–H and O–H groups in total. The number of hydrogen-bond acceptors (Lipinski definition) is 4. The van der Waals surface area contributed by atoms with Gasteiger partial charge in [-0.05, 0) is 30.7 Å². The summed E-state index contributed by atoms with van der Waals surface area (Å²) in [6, 6.07) is 1.50. The van der Waals surface area contributed by atoms with E-state index in [9.17, 15) is 4.79 Å². The maximum atomic E-state index is 11.0. The molecular formula is C12H16ClN3O2. The molecule has 1 aliphatic rings. The number of carbonyl (C=O) groups is 1. The van der Waals surface area contributed by atoms with E-state index in [1.807, 2.05) is 0 Å². The molecule has 0 radical (unpaired) electrons. The highest BCUT2D eigenvalue weighted by atomic mass is 35.5. The van der Waals surface area contributed by atoms with Crippen molar-refractivity contribution < 1.29 is 9.90 Å². The molecule has 18 heavy (non-hydrogen) atoms. The zero-order chi connectivity index (χ0) is 13.2. The number of nitrogens with one attached hydrogen (secondary N) is 1. The summed E-state index contributed by atoms with van der Waals surface area (Å²) in [5.74, 6) is 0.000718. The van der Waals surface area contributed by atoms with Gasteiger partial charge in [0.05, 0.1) is 10.6 Å². The fraction of sp³-hybridized carbons (Fsp3) is 0.500. The SMILES string of the molecule is NC(=O)c1cnc(NCC2(CCO)CC2)c(Cl)c1. The van der Waals surface area contributed by atoms with Crippen molar-refractivity contribution in [3.63, 3.8) is 0 Å². The van der Waals surface area contributed by atoms with Crippen LogP contribution in [0.4, 0.5) is 5.82 Å². The van der Waals surface area contributed by atoms with Gasteiger partial charge in [0.15, 0.2) is 0 Å². The van der Waals surface area contributed by atoms with E-state index in [-0.39, 0.29) is 12.0 Å². The smallest absolute Gasteiger partial charge is 0.250 e. The largest absolute Gasteiger partial charge is 0.396 e. The van der Waals surface area contributed by atoms with Gasteiger partial charge in [0.25, 0.3) is 0 Å². The van der Waals surface area contributed by atoms with Gasteiger partial charge in [-0.1, -0.05) is 11.6 Å². The van der Waals surface area contributed by atoms with E-state index >= 15 is 0 Å². The average Bonchev–Trinajstić information content (AvgIpc) is 3.08. The summed E-state index contributed by atoms with van der Waals surface area (Å²) in [5.41, 5.74) is 5.62.